The Balaban J connectivity index is 1.76. The number of aryl methyl sites for hydroxylation is 1. The van der Waals surface area contributed by atoms with Crippen LogP contribution in [0.3, 0.4) is 0 Å². The number of ether oxygens (including phenoxy) is 1. The van der Waals surface area contributed by atoms with E-state index in [1.54, 1.807) is 31.4 Å². The first-order valence-electron chi connectivity index (χ1n) is 8.33. The van der Waals surface area contributed by atoms with Crippen LogP contribution in [0.25, 0.3) is 0 Å². The highest BCUT2D eigenvalue weighted by molar-refractivity contribution is 7.92. The summed E-state index contributed by atoms with van der Waals surface area (Å²) in [6.07, 6.45) is 0.896. The topological polar surface area (TPSA) is 75.7 Å². The molecule has 0 heterocycles. The Bertz CT molecular complexity index is 805. The van der Waals surface area contributed by atoms with E-state index in [0.717, 1.165) is 11.3 Å². The number of sulfonamides is 1. The molecule has 0 bridgehead atoms. The summed E-state index contributed by atoms with van der Waals surface area (Å²) in [6.45, 7) is 0.0843. The Morgan fingerprint density at radius 1 is 1.08 bits per heavy atom. The van der Waals surface area contributed by atoms with Crippen LogP contribution in [0.1, 0.15) is 12.0 Å². The van der Waals surface area contributed by atoms with Crippen LogP contribution in [0.5, 0.6) is 5.75 Å². The van der Waals surface area contributed by atoms with Gasteiger partial charge in [-0.25, -0.2) is 8.42 Å². The predicted octanol–water partition coefficient (Wildman–Crippen LogP) is 2.21. The van der Waals surface area contributed by atoms with Crippen LogP contribution in [0.2, 0.25) is 0 Å². The van der Waals surface area contributed by atoms with E-state index >= 15 is 0 Å². The van der Waals surface area contributed by atoms with Gasteiger partial charge in [0, 0.05) is 20.0 Å². The molecule has 0 radical (unpaired) electrons. The van der Waals surface area contributed by atoms with Crippen molar-refractivity contribution < 1.29 is 17.9 Å². The number of hydrogen-bond acceptors (Lipinski definition) is 4. The van der Waals surface area contributed by atoms with Crippen LogP contribution in [0.4, 0.5) is 5.69 Å². The number of carbonyl (C=O) groups excluding carboxylic acids is 1. The average Bonchev–Trinajstić information content (AvgIpc) is 2.66. The molecule has 0 aliphatic heterocycles. The largest absolute Gasteiger partial charge is 0.497 e. The third kappa shape index (κ3) is 5.77. The van der Waals surface area contributed by atoms with Crippen molar-refractivity contribution in [2.75, 3.05) is 30.8 Å². The molecule has 140 valence electrons. The van der Waals surface area contributed by atoms with Crippen molar-refractivity contribution in [2.24, 2.45) is 0 Å². The molecule has 2 aromatic rings. The maximum Gasteiger partial charge on any atom is 0.236 e. The minimum absolute atomic E-state index is 0.0843. The van der Waals surface area contributed by atoms with Gasteiger partial charge in [0.25, 0.3) is 0 Å². The van der Waals surface area contributed by atoms with Gasteiger partial charge in [0.15, 0.2) is 0 Å². The van der Waals surface area contributed by atoms with Crippen molar-refractivity contribution in [3.05, 3.63) is 60.2 Å². The second-order valence-electron chi connectivity index (χ2n) is 5.82. The summed E-state index contributed by atoms with van der Waals surface area (Å²) < 4.78 is 31.0. The van der Waals surface area contributed by atoms with Crippen LogP contribution < -0.4 is 14.4 Å². The van der Waals surface area contributed by atoms with E-state index in [2.05, 4.69) is 5.32 Å². The molecule has 1 amide bonds. The number of nitrogens with one attached hydrogen (secondary N) is 1. The highest BCUT2D eigenvalue weighted by atomic mass is 32.2. The standard InChI is InChI=1S/C19H24N2O4S/c1-21(17-6-4-3-5-7-17)26(23,24)15-14-20-19(22)13-10-16-8-11-18(25-2)12-9-16/h3-9,11-12H,10,13-15H2,1-2H3,(H,20,22). The van der Waals surface area contributed by atoms with Gasteiger partial charge in [0.1, 0.15) is 5.75 Å². The Labute approximate surface area is 154 Å². The summed E-state index contributed by atoms with van der Waals surface area (Å²) in [5, 5.41) is 2.67. The number of nitrogens with zero attached hydrogens (tertiary/aromatic N) is 1. The molecule has 2 rings (SSSR count). The van der Waals surface area contributed by atoms with E-state index in [9.17, 15) is 13.2 Å². The number of para-hydroxylation sites is 1. The van der Waals surface area contributed by atoms with E-state index in [4.69, 9.17) is 4.74 Å². The first-order valence-corrected chi connectivity index (χ1v) is 9.94. The van der Waals surface area contributed by atoms with Gasteiger partial charge in [0.05, 0.1) is 18.6 Å². The lowest BCUT2D eigenvalue weighted by Gasteiger charge is -2.19. The molecule has 7 heteroatoms. The summed E-state index contributed by atoms with van der Waals surface area (Å²) in [5.74, 6) is 0.455. The lowest BCUT2D eigenvalue weighted by molar-refractivity contribution is -0.120. The zero-order valence-electron chi connectivity index (χ0n) is 15.0. The first kappa shape index (κ1) is 19.8. The van der Waals surface area contributed by atoms with Crippen LogP contribution in [0.15, 0.2) is 54.6 Å². The molecule has 6 nitrogen and oxygen atoms in total. The molecule has 0 spiro atoms. The Kier molecular flexibility index (Phi) is 7.03. The monoisotopic (exact) mass is 376 g/mol. The maximum absolute atomic E-state index is 12.3. The number of amides is 1. The fraction of sp³-hybridized carbons (Fsp3) is 0.316. The molecule has 26 heavy (non-hydrogen) atoms. The zero-order chi connectivity index (χ0) is 19.0. The molecule has 0 saturated carbocycles. The van der Waals surface area contributed by atoms with Gasteiger partial charge in [-0.15, -0.1) is 0 Å². The van der Waals surface area contributed by atoms with Crippen molar-refractivity contribution in [3.63, 3.8) is 0 Å². The van der Waals surface area contributed by atoms with Gasteiger partial charge in [-0.3, -0.25) is 9.10 Å². The summed E-state index contributed by atoms with van der Waals surface area (Å²) in [7, 11) is -0.366. The Morgan fingerprint density at radius 3 is 2.35 bits per heavy atom. The summed E-state index contributed by atoms with van der Waals surface area (Å²) in [5.41, 5.74) is 1.62. The lowest BCUT2D eigenvalue weighted by atomic mass is 10.1. The van der Waals surface area contributed by atoms with Gasteiger partial charge in [0.2, 0.25) is 15.9 Å². The zero-order valence-corrected chi connectivity index (χ0v) is 15.8. The van der Waals surface area contributed by atoms with Crippen molar-refractivity contribution in [1.29, 1.82) is 0 Å². The van der Waals surface area contributed by atoms with E-state index in [1.807, 2.05) is 30.3 Å². The second-order valence-corrected chi connectivity index (χ2v) is 7.94. The molecular weight excluding hydrogens is 352 g/mol. The number of rotatable bonds is 9. The number of methoxy groups -OCH3 is 1. The second kappa shape index (κ2) is 9.24. The Hall–Kier alpha value is -2.54. The minimum Gasteiger partial charge on any atom is -0.497 e. The molecule has 0 atom stereocenters. The van der Waals surface area contributed by atoms with E-state index < -0.39 is 10.0 Å². The molecular formula is C19H24N2O4S. The first-order chi connectivity index (χ1) is 12.4. The van der Waals surface area contributed by atoms with Gasteiger partial charge in [-0.2, -0.15) is 0 Å². The van der Waals surface area contributed by atoms with Gasteiger partial charge in [-0.1, -0.05) is 30.3 Å². The third-order valence-electron chi connectivity index (χ3n) is 4.02. The molecule has 0 fully saturated rings. The summed E-state index contributed by atoms with van der Waals surface area (Å²) >= 11 is 0. The highest BCUT2D eigenvalue weighted by Gasteiger charge is 2.18. The Morgan fingerprint density at radius 2 is 1.73 bits per heavy atom. The minimum atomic E-state index is -3.48. The third-order valence-corrected chi connectivity index (χ3v) is 5.78. The number of carbonyl (C=O) groups is 1. The van der Waals surface area contributed by atoms with Crippen LogP contribution in [-0.2, 0) is 21.2 Å². The van der Waals surface area contributed by atoms with Crippen LogP contribution in [0, 0.1) is 0 Å². The smallest absolute Gasteiger partial charge is 0.236 e. The molecule has 0 unspecified atom stereocenters. The fourth-order valence-corrected chi connectivity index (χ4v) is 3.47. The van der Waals surface area contributed by atoms with Crippen molar-refractivity contribution in [2.45, 2.75) is 12.8 Å². The maximum atomic E-state index is 12.3. The van der Waals surface area contributed by atoms with Gasteiger partial charge in [-0.05, 0) is 36.2 Å². The molecule has 1 N–H and O–H groups in total. The molecule has 0 aliphatic rings. The number of anilines is 1. The van der Waals surface area contributed by atoms with E-state index in [1.165, 1.54) is 11.4 Å². The SMILES string of the molecule is COc1ccc(CCC(=O)NCCS(=O)(=O)N(C)c2ccccc2)cc1. The molecule has 0 aliphatic carbocycles. The number of benzene rings is 2. The average molecular weight is 376 g/mol. The van der Waals surface area contributed by atoms with Crippen molar-refractivity contribution >= 4 is 21.6 Å². The normalized spacial score (nSPS) is 11.0. The van der Waals surface area contributed by atoms with Crippen molar-refractivity contribution in [3.8, 4) is 5.75 Å². The predicted molar refractivity (Wildman–Crippen MR) is 103 cm³/mol. The molecule has 0 saturated heterocycles. The summed E-state index contributed by atoms with van der Waals surface area (Å²) in [4.78, 5) is 11.9. The highest BCUT2D eigenvalue weighted by Crippen LogP contribution is 2.15. The fourth-order valence-electron chi connectivity index (χ4n) is 2.39. The lowest BCUT2D eigenvalue weighted by Crippen LogP contribution is -2.35. The van der Waals surface area contributed by atoms with Crippen molar-refractivity contribution in [1.82, 2.24) is 5.32 Å². The molecule has 0 aromatic heterocycles. The number of hydrogen-bond donors (Lipinski definition) is 1. The quantitative estimate of drug-likeness (QED) is 0.728. The van der Waals surface area contributed by atoms with Gasteiger partial charge < -0.3 is 10.1 Å². The van der Waals surface area contributed by atoms with Gasteiger partial charge >= 0.3 is 0 Å². The molecule has 2 aromatic carbocycles. The van der Waals surface area contributed by atoms with Crippen LogP contribution in [-0.4, -0.2) is 40.8 Å². The van der Waals surface area contributed by atoms with E-state index in [-0.39, 0.29) is 18.2 Å². The van der Waals surface area contributed by atoms with Crippen LogP contribution >= 0.6 is 0 Å². The van der Waals surface area contributed by atoms with E-state index in [0.29, 0.717) is 18.5 Å². The summed E-state index contributed by atoms with van der Waals surface area (Å²) in [6, 6.07) is 16.4.